The van der Waals surface area contributed by atoms with Crippen LogP contribution in [0.3, 0.4) is 0 Å². The highest BCUT2D eigenvalue weighted by atomic mass is 16.1. The smallest absolute Gasteiger partial charge is 0.293 e. The van der Waals surface area contributed by atoms with Crippen LogP contribution in [0.5, 0.6) is 0 Å². The van der Waals surface area contributed by atoms with Gasteiger partial charge in [-0.05, 0) is 12.8 Å². The van der Waals surface area contributed by atoms with Gasteiger partial charge in [0.1, 0.15) is 0 Å². The van der Waals surface area contributed by atoms with Crippen LogP contribution in [0.25, 0.3) is 0 Å². The lowest BCUT2D eigenvalue weighted by Crippen LogP contribution is -2.49. The summed E-state index contributed by atoms with van der Waals surface area (Å²) in [7, 11) is 1.71. The van der Waals surface area contributed by atoms with Gasteiger partial charge in [-0.25, -0.2) is 4.98 Å². The van der Waals surface area contributed by atoms with Gasteiger partial charge in [-0.2, -0.15) is 10.2 Å². The van der Waals surface area contributed by atoms with Crippen LogP contribution in [0, 0.1) is 12.3 Å². The molecule has 1 unspecified atom stereocenters. The second-order valence-electron chi connectivity index (χ2n) is 6.91. The van der Waals surface area contributed by atoms with Gasteiger partial charge in [0.15, 0.2) is 11.5 Å². The van der Waals surface area contributed by atoms with E-state index in [2.05, 4.69) is 26.4 Å². The zero-order chi connectivity index (χ0) is 18.6. The molecule has 1 fully saturated rings. The number of anilines is 1. The number of hydrogen-bond donors (Lipinski definition) is 1. The molecule has 3 heterocycles. The number of nitrogens with zero attached hydrogens (tertiary/aromatic N) is 5. The average Bonchev–Trinajstić information content (AvgIpc) is 3.41. The molecule has 2 aliphatic heterocycles. The Morgan fingerprint density at radius 2 is 2.27 bits per heavy atom. The second kappa shape index (κ2) is 7.68. The summed E-state index contributed by atoms with van der Waals surface area (Å²) in [5.74, 6) is 3.02. The van der Waals surface area contributed by atoms with E-state index in [0.29, 0.717) is 38.0 Å². The summed E-state index contributed by atoms with van der Waals surface area (Å²) in [6.45, 7) is 1.36. The number of terminal acetylenes is 1. The third-order valence-electron chi connectivity index (χ3n) is 4.89. The Labute approximate surface area is 152 Å². The molecular formula is C18H24N6O2. The molecule has 26 heavy (non-hydrogen) atoms. The van der Waals surface area contributed by atoms with E-state index in [9.17, 15) is 9.59 Å². The summed E-state index contributed by atoms with van der Waals surface area (Å²) in [5, 5.41) is 11.2. The number of aryl methyl sites for hydroxylation is 1. The van der Waals surface area contributed by atoms with Crippen LogP contribution in [0.1, 0.15) is 38.5 Å². The molecule has 0 saturated carbocycles. The first-order valence-electron chi connectivity index (χ1n) is 8.96. The minimum atomic E-state index is -0.428. The lowest BCUT2D eigenvalue weighted by Gasteiger charge is -2.33. The van der Waals surface area contributed by atoms with Crippen molar-refractivity contribution in [3.8, 4) is 12.3 Å². The van der Waals surface area contributed by atoms with E-state index in [4.69, 9.17) is 6.42 Å². The monoisotopic (exact) mass is 356 g/mol. The highest BCUT2D eigenvalue weighted by Crippen LogP contribution is 2.37. The van der Waals surface area contributed by atoms with Crippen molar-refractivity contribution < 1.29 is 4.79 Å². The summed E-state index contributed by atoms with van der Waals surface area (Å²) in [4.78, 5) is 30.7. The Bertz CT molecular complexity index is 788. The number of hydrogen-bond acceptors (Lipinski definition) is 6. The lowest BCUT2D eigenvalue weighted by molar-refractivity contribution is -0.122. The zero-order valence-electron chi connectivity index (χ0n) is 15.0. The van der Waals surface area contributed by atoms with Crippen LogP contribution in [0.4, 0.5) is 5.82 Å². The summed E-state index contributed by atoms with van der Waals surface area (Å²) < 4.78 is 1.52. The number of rotatable bonds is 7. The van der Waals surface area contributed by atoms with E-state index in [1.165, 1.54) is 4.57 Å². The molecule has 1 aromatic rings. The van der Waals surface area contributed by atoms with E-state index in [-0.39, 0.29) is 17.5 Å². The first kappa shape index (κ1) is 18.1. The first-order chi connectivity index (χ1) is 12.5. The van der Waals surface area contributed by atoms with Crippen molar-refractivity contribution in [3.05, 3.63) is 22.7 Å². The molecular weight excluding hydrogens is 332 g/mol. The van der Waals surface area contributed by atoms with Crippen LogP contribution < -0.4 is 15.8 Å². The number of carbonyl (C=O) groups is 1. The molecule has 1 atom stereocenters. The Morgan fingerprint density at radius 3 is 3.00 bits per heavy atom. The normalized spacial score (nSPS) is 20.5. The lowest BCUT2D eigenvalue weighted by atomic mass is 10.0. The summed E-state index contributed by atoms with van der Waals surface area (Å²) in [6.07, 6.45) is 12.6. The van der Waals surface area contributed by atoms with Crippen molar-refractivity contribution in [3.63, 3.8) is 0 Å². The Kier molecular flexibility index (Phi) is 5.35. The van der Waals surface area contributed by atoms with Gasteiger partial charge in [-0.15, -0.1) is 12.3 Å². The summed E-state index contributed by atoms with van der Waals surface area (Å²) >= 11 is 0. The molecule has 1 N–H and O–H groups in total. The Balaban J connectivity index is 1.51. The van der Waals surface area contributed by atoms with Crippen LogP contribution in [0.15, 0.2) is 27.4 Å². The maximum absolute atomic E-state index is 12.3. The van der Waals surface area contributed by atoms with Crippen LogP contribution in [-0.2, 0) is 11.8 Å². The van der Waals surface area contributed by atoms with Crippen LogP contribution in [0.2, 0.25) is 0 Å². The first-order valence-corrected chi connectivity index (χ1v) is 8.96. The van der Waals surface area contributed by atoms with E-state index in [0.717, 1.165) is 19.4 Å². The second-order valence-corrected chi connectivity index (χ2v) is 6.91. The van der Waals surface area contributed by atoms with Gasteiger partial charge in [-0.3, -0.25) is 9.59 Å². The molecule has 8 heteroatoms. The minimum Gasteiger partial charge on any atom is -0.352 e. The van der Waals surface area contributed by atoms with Gasteiger partial charge in [0.05, 0.1) is 0 Å². The van der Waals surface area contributed by atoms with Crippen LogP contribution >= 0.6 is 0 Å². The molecule has 2 aliphatic rings. The zero-order valence-corrected chi connectivity index (χ0v) is 15.0. The number of carbonyl (C=O) groups excluding carboxylic acids is 1. The van der Waals surface area contributed by atoms with E-state index in [1.807, 2.05) is 4.90 Å². The number of piperidine rings is 1. The SMILES string of the molecule is C#CCCC1(CCC(=O)NC2CCCN(c3nccn(C)c3=O)C2)N=N1. The fourth-order valence-electron chi connectivity index (χ4n) is 3.27. The maximum Gasteiger partial charge on any atom is 0.293 e. The third-order valence-corrected chi connectivity index (χ3v) is 4.89. The van der Waals surface area contributed by atoms with Gasteiger partial charge >= 0.3 is 0 Å². The fourth-order valence-corrected chi connectivity index (χ4v) is 3.27. The van der Waals surface area contributed by atoms with Gasteiger partial charge in [0, 0.05) is 64.3 Å². The fraction of sp³-hybridized carbons (Fsp3) is 0.611. The van der Waals surface area contributed by atoms with Gasteiger partial charge in [0.2, 0.25) is 5.91 Å². The van der Waals surface area contributed by atoms with Crippen molar-refractivity contribution in [2.75, 3.05) is 18.0 Å². The minimum absolute atomic E-state index is 0.0110. The molecule has 0 spiro atoms. The average molecular weight is 356 g/mol. The molecule has 0 bridgehead atoms. The highest BCUT2D eigenvalue weighted by Gasteiger charge is 2.39. The topological polar surface area (TPSA) is 92.0 Å². The predicted octanol–water partition coefficient (Wildman–Crippen LogP) is 1.22. The van der Waals surface area contributed by atoms with Crippen molar-refractivity contribution in [2.24, 2.45) is 17.3 Å². The Hall–Kier alpha value is -2.69. The molecule has 0 radical (unpaired) electrons. The molecule has 8 nitrogen and oxygen atoms in total. The highest BCUT2D eigenvalue weighted by molar-refractivity contribution is 5.76. The molecule has 1 saturated heterocycles. The number of aromatic nitrogens is 2. The van der Waals surface area contributed by atoms with E-state index < -0.39 is 5.66 Å². The van der Waals surface area contributed by atoms with Crippen LogP contribution in [-0.4, -0.2) is 40.3 Å². The van der Waals surface area contributed by atoms with Crippen molar-refractivity contribution in [1.82, 2.24) is 14.9 Å². The van der Waals surface area contributed by atoms with Crippen molar-refractivity contribution >= 4 is 11.7 Å². The quantitative estimate of drug-likeness (QED) is 0.744. The largest absolute Gasteiger partial charge is 0.352 e. The third kappa shape index (κ3) is 4.28. The summed E-state index contributed by atoms with van der Waals surface area (Å²) in [6, 6.07) is 0.0118. The molecule has 0 aliphatic carbocycles. The molecule has 3 rings (SSSR count). The van der Waals surface area contributed by atoms with E-state index >= 15 is 0 Å². The molecule has 1 aromatic heterocycles. The van der Waals surface area contributed by atoms with Gasteiger partial charge in [0.25, 0.3) is 5.56 Å². The maximum atomic E-state index is 12.3. The standard InChI is InChI=1S/C18H24N6O2/c1-3-4-8-18(21-22-18)9-7-15(25)20-14-6-5-11-24(13-14)16-17(26)23(2)12-10-19-16/h1,10,12,14H,4-9,11,13H2,2H3,(H,20,25). The number of amides is 1. The molecule has 1 amide bonds. The predicted molar refractivity (Wildman–Crippen MR) is 97.7 cm³/mol. The Morgan fingerprint density at radius 1 is 1.46 bits per heavy atom. The molecule has 138 valence electrons. The van der Waals surface area contributed by atoms with Gasteiger partial charge < -0.3 is 14.8 Å². The molecule has 0 aromatic carbocycles. The summed E-state index contributed by atoms with van der Waals surface area (Å²) in [5.41, 5.74) is -0.547. The van der Waals surface area contributed by atoms with Gasteiger partial charge in [-0.1, -0.05) is 0 Å². The number of nitrogens with one attached hydrogen (secondary N) is 1. The van der Waals surface area contributed by atoms with Crippen molar-refractivity contribution in [1.29, 1.82) is 0 Å². The van der Waals surface area contributed by atoms with E-state index in [1.54, 1.807) is 19.4 Å². The van der Waals surface area contributed by atoms with Crippen molar-refractivity contribution in [2.45, 2.75) is 50.2 Å².